The van der Waals surface area contributed by atoms with Gasteiger partial charge in [0.05, 0.1) is 0 Å². The first-order chi connectivity index (χ1) is 4.43. The second-order valence-corrected chi connectivity index (χ2v) is 1.23. The van der Waals surface area contributed by atoms with Crippen molar-refractivity contribution >= 4 is 0 Å². The number of halogens is 1. The van der Waals surface area contributed by atoms with Crippen molar-refractivity contribution in [1.82, 2.24) is 10.4 Å². The van der Waals surface area contributed by atoms with Crippen LogP contribution in [0.5, 0.6) is 0 Å². The highest BCUT2D eigenvalue weighted by Gasteiger charge is 1.86. The van der Waals surface area contributed by atoms with Gasteiger partial charge < -0.3 is 4.52 Å². The van der Waals surface area contributed by atoms with E-state index in [4.69, 9.17) is 0 Å². The van der Waals surface area contributed by atoms with Crippen LogP contribution in [0.3, 0.4) is 0 Å². The fourth-order valence-electron chi connectivity index (χ4n) is 0.343. The Labute approximate surface area is 50.8 Å². The molecule has 0 unspecified atom stereocenters. The van der Waals surface area contributed by atoms with Crippen LogP contribution in [0.25, 0.3) is 0 Å². The van der Waals surface area contributed by atoms with Gasteiger partial charge in [-0.05, 0) is 5.92 Å². The van der Waals surface area contributed by atoms with E-state index in [1.807, 2.05) is 0 Å². The summed E-state index contributed by atoms with van der Waals surface area (Å²) in [5.41, 5.74) is 0.354. The van der Waals surface area contributed by atoms with Crippen LogP contribution in [0.1, 0.15) is 5.69 Å². The molecule has 0 aliphatic carbocycles. The minimum atomic E-state index is -0.674. The first-order valence-electron chi connectivity index (χ1n) is 2.25. The Morgan fingerprint density at radius 1 is 1.78 bits per heavy atom. The zero-order valence-electron chi connectivity index (χ0n) is 4.47. The van der Waals surface area contributed by atoms with Crippen LogP contribution in [0.2, 0.25) is 0 Å². The quantitative estimate of drug-likeness (QED) is 0.472. The smallest absolute Gasteiger partial charge is 0.177 e. The monoisotopic (exact) mass is 126 g/mol. The van der Waals surface area contributed by atoms with E-state index in [0.717, 1.165) is 0 Å². The fraction of sp³-hybridized carbons (Fsp3) is 0.200. The van der Waals surface area contributed by atoms with Gasteiger partial charge in [-0.1, -0.05) is 5.92 Å². The van der Waals surface area contributed by atoms with Crippen LogP contribution in [-0.2, 0) is 0 Å². The zero-order valence-corrected chi connectivity index (χ0v) is 4.47. The van der Waals surface area contributed by atoms with Crippen molar-refractivity contribution in [3.8, 4) is 11.8 Å². The van der Waals surface area contributed by atoms with Crippen molar-refractivity contribution in [1.29, 1.82) is 0 Å². The Morgan fingerprint density at radius 3 is 3.22 bits per heavy atom. The van der Waals surface area contributed by atoms with Gasteiger partial charge >= 0.3 is 0 Å². The van der Waals surface area contributed by atoms with E-state index in [-0.39, 0.29) is 0 Å². The Hall–Kier alpha value is -1.37. The molecule has 0 saturated carbocycles. The second kappa shape index (κ2) is 2.82. The predicted molar refractivity (Wildman–Crippen MR) is 27.2 cm³/mol. The molecular weight excluding hydrogens is 123 g/mol. The molecule has 1 aromatic rings. The minimum absolute atomic E-state index is 0.354. The highest BCUT2D eigenvalue weighted by Crippen LogP contribution is 1.85. The van der Waals surface area contributed by atoms with Gasteiger partial charge in [0.15, 0.2) is 18.6 Å². The molecule has 0 spiro atoms. The lowest BCUT2D eigenvalue weighted by atomic mass is 10.5. The van der Waals surface area contributed by atoms with Gasteiger partial charge in [0.1, 0.15) is 0 Å². The number of rotatable bonds is 0. The molecule has 0 amide bonds. The highest BCUT2D eigenvalue weighted by molar-refractivity contribution is 5.22. The number of hydrogen-bond acceptors (Lipinski definition) is 3. The van der Waals surface area contributed by atoms with E-state index in [1.165, 1.54) is 6.26 Å². The molecule has 1 heterocycles. The van der Waals surface area contributed by atoms with E-state index in [2.05, 4.69) is 26.7 Å². The van der Waals surface area contributed by atoms with E-state index < -0.39 is 6.67 Å². The normalized spacial score (nSPS) is 8.11. The molecule has 0 N–H and O–H groups in total. The molecule has 0 fully saturated rings. The van der Waals surface area contributed by atoms with Gasteiger partial charge in [0, 0.05) is 5.27 Å². The molecule has 0 aliphatic rings. The average molecular weight is 126 g/mol. The Kier molecular flexibility index (Phi) is 1.81. The molecule has 46 valence electrons. The third-order valence-electron chi connectivity index (χ3n) is 0.643. The van der Waals surface area contributed by atoms with Gasteiger partial charge in [-0.15, -0.1) is 5.10 Å². The summed E-state index contributed by atoms with van der Waals surface area (Å²) in [7, 11) is 0. The van der Waals surface area contributed by atoms with Gasteiger partial charge in [0.2, 0.25) is 0 Å². The maximum atomic E-state index is 11.3. The topological polar surface area (TPSA) is 38.9 Å². The lowest BCUT2D eigenvalue weighted by Crippen LogP contribution is -1.72. The average Bonchev–Trinajstić information content (AvgIpc) is 2.34. The summed E-state index contributed by atoms with van der Waals surface area (Å²) in [6.07, 6.45) is 1.25. The van der Waals surface area contributed by atoms with Crippen LogP contribution >= 0.6 is 0 Å². The molecule has 9 heavy (non-hydrogen) atoms. The SMILES string of the molecule is FCC#Cc1conn1. The lowest BCUT2D eigenvalue weighted by Gasteiger charge is -1.66. The molecule has 0 atom stereocenters. The number of hydrogen-bond donors (Lipinski definition) is 0. The van der Waals surface area contributed by atoms with E-state index in [9.17, 15) is 4.39 Å². The summed E-state index contributed by atoms with van der Waals surface area (Å²) in [6, 6.07) is 0. The molecule has 0 radical (unpaired) electrons. The van der Waals surface area contributed by atoms with Crippen LogP contribution in [0, 0.1) is 11.8 Å². The van der Waals surface area contributed by atoms with Crippen molar-refractivity contribution in [2.24, 2.45) is 0 Å². The van der Waals surface area contributed by atoms with Crippen LogP contribution < -0.4 is 0 Å². The molecule has 1 aromatic heterocycles. The van der Waals surface area contributed by atoms with E-state index in [1.54, 1.807) is 0 Å². The first-order valence-corrected chi connectivity index (χ1v) is 2.25. The molecule has 1 rings (SSSR count). The Morgan fingerprint density at radius 2 is 2.67 bits per heavy atom. The van der Waals surface area contributed by atoms with Crippen molar-refractivity contribution in [3.05, 3.63) is 12.0 Å². The van der Waals surface area contributed by atoms with E-state index in [0.29, 0.717) is 5.69 Å². The maximum Gasteiger partial charge on any atom is 0.177 e. The van der Waals surface area contributed by atoms with Crippen molar-refractivity contribution in [2.45, 2.75) is 0 Å². The summed E-state index contributed by atoms with van der Waals surface area (Å²) in [6.45, 7) is -0.674. The minimum Gasteiger partial charge on any atom is -0.344 e. The van der Waals surface area contributed by atoms with Gasteiger partial charge in [0.25, 0.3) is 0 Å². The summed E-state index contributed by atoms with van der Waals surface area (Å²) < 4.78 is 15.7. The third kappa shape index (κ3) is 1.53. The Balaban J connectivity index is 2.67. The summed E-state index contributed by atoms with van der Waals surface area (Å²) in [5.74, 6) is 4.55. The maximum absolute atomic E-state index is 11.3. The van der Waals surface area contributed by atoms with Crippen molar-refractivity contribution in [2.75, 3.05) is 6.67 Å². The van der Waals surface area contributed by atoms with Crippen LogP contribution in [0.15, 0.2) is 10.8 Å². The lowest BCUT2D eigenvalue weighted by molar-refractivity contribution is 0.393. The largest absolute Gasteiger partial charge is 0.344 e. The summed E-state index contributed by atoms with van der Waals surface area (Å²) >= 11 is 0. The Bertz CT molecular complexity index is 221. The summed E-state index contributed by atoms with van der Waals surface area (Å²) in [4.78, 5) is 0. The summed E-state index contributed by atoms with van der Waals surface area (Å²) in [5, 5.41) is 6.52. The standard InChI is InChI=1S/C5H3FN2O/c6-3-1-2-5-4-9-8-7-5/h4H,3H2. The molecule has 0 aliphatic heterocycles. The van der Waals surface area contributed by atoms with Crippen LogP contribution in [-0.4, -0.2) is 17.0 Å². The molecule has 0 aromatic carbocycles. The highest BCUT2D eigenvalue weighted by atomic mass is 19.1. The molecule has 0 bridgehead atoms. The van der Waals surface area contributed by atoms with Gasteiger partial charge in [-0.25, -0.2) is 4.39 Å². The molecule has 4 heteroatoms. The van der Waals surface area contributed by atoms with Gasteiger partial charge in [-0.2, -0.15) is 0 Å². The zero-order chi connectivity index (χ0) is 6.53. The van der Waals surface area contributed by atoms with Crippen LogP contribution in [0.4, 0.5) is 4.39 Å². The third-order valence-corrected chi connectivity index (χ3v) is 0.643. The second-order valence-electron chi connectivity index (χ2n) is 1.23. The first kappa shape index (κ1) is 5.76. The van der Waals surface area contributed by atoms with E-state index >= 15 is 0 Å². The van der Waals surface area contributed by atoms with Crippen molar-refractivity contribution < 1.29 is 8.91 Å². The molecule has 0 saturated heterocycles. The number of alkyl halides is 1. The number of nitrogens with zero attached hydrogens (tertiary/aromatic N) is 2. The number of aromatic nitrogens is 2. The predicted octanol–water partition coefficient (Wildman–Crippen LogP) is 0.391. The fourth-order valence-corrected chi connectivity index (χ4v) is 0.343. The van der Waals surface area contributed by atoms with Gasteiger partial charge in [-0.3, -0.25) is 0 Å². The molecular formula is C5H3FN2O. The van der Waals surface area contributed by atoms with Crippen molar-refractivity contribution in [3.63, 3.8) is 0 Å². The molecule has 3 nitrogen and oxygen atoms in total.